The predicted octanol–water partition coefficient (Wildman–Crippen LogP) is 9.39. The van der Waals surface area contributed by atoms with E-state index >= 15 is 0 Å². The fraction of sp³-hybridized carbons (Fsp3) is 0. The number of hydrogen-bond acceptors (Lipinski definition) is 4. The second-order valence-electron chi connectivity index (χ2n) is 11.6. The van der Waals surface area contributed by atoms with Gasteiger partial charge in [0.2, 0.25) is 0 Å². The molecule has 10 aromatic rings. The number of para-hydroxylation sites is 3. The largest absolute Gasteiger partial charge is 0.306 e. The lowest BCUT2D eigenvalue weighted by Crippen LogP contribution is -2.01. The van der Waals surface area contributed by atoms with Crippen molar-refractivity contribution in [3.05, 3.63) is 146 Å². The van der Waals surface area contributed by atoms with Crippen LogP contribution >= 0.6 is 0 Å². The lowest BCUT2D eigenvalue weighted by molar-refractivity contribution is 1.07. The first-order valence-corrected chi connectivity index (χ1v) is 15.3. The minimum Gasteiger partial charge on any atom is -0.306 e. The van der Waals surface area contributed by atoms with Gasteiger partial charge < -0.3 is 4.40 Å². The molecule has 0 unspecified atom stereocenters. The molecule has 0 spiro atoms. The highest BCUT2D eigenvalue weighted by molar-refractivity contribution is 6.21. The van der Waals surface area contributed by atoms with Crippen LogP contribution in [0.5, 0.6) is 0 Å². The second kappa shape index (κ2) is 9.55. The van der Waals surface area contributed by atoms with E-state index in [0.717, 1.165) is 44.3 Å². The topological polar surface area (TPSA) is 60.4 Å². The summed E-state index contributed by atoms with van der Waals surface area (Å²) < 4.78 is 4.62. The Labute approximate surface area is 262 Å². The summed E-state index contributed by atoms with van der Waals surface area (Å²) in [6, 6.07) is 48.3. The fourth-order valence-electron chi connectivity index (χ4n) is 6.94. The summed E-state index contributed by atoms with van der Waals surface area (Å²) in [4.78, 5) is 20.0. The summed E-state index contributed by atoms with van der Waals surface area (Å²) in [7, 11) is 0. The molecule has 0 saturated heterocycles. The smallest absolute Gasteiger partial charge is 0.164 e. The van der Waals surface area contributed by atoms with Gasteiger partial charge in [0.05, 0.1) is 33.1 Å². The average Bonchev–Trinajstić information content (AvgIpc) is 3.71. The van der Waals surface area contributed by atoms with Crippen molar-refractivity contribution >= 4 is 54.6 Å². The van der Waals surface area contributed by atoms with Gasteiger partial charge in [0.1, 0.15) is 6.33 Å². The van der Waals surface area contributed by atoms with Gasteiger partial charge in [0.15, 0.2) is 17.5 Å². The molecule has 10 rings (SSSR count). The van der Waals surface area contributed by atoms with Crippen molar-refractivity contribution in [3.63, 3.8) is 0 Å². The summed E-state index contributed by atoms with van der Waals surface area (Å²) in [6.45, 7) is 0. The van der Waals surface area contributed by atoms with Crippen molar-refractivity contribution in [2.24, 2.45) is 0 Å². The zero-order valence-electron chi connectivity index (χ0n) is 24.5. The van der Waals surface area contributed by atoms with Crippen molar-refractivity contribution in [1.82, 2.24) is 28.7 Å². The monoisotopic (exact) mass is 588 g/mol. The van der Waals surface area contributed by atoms with Crippen LogP contribution in [0.1, 0.15) is 0 Å². The molecule has 0 N–H and O–H groups in total. The standard InChI is InChI=1S/C40H24N6/c1-3-12-25(13-4-1)38-42-39(26-14-5-2-6-15-26)44-40(43-38)27-22-32-37-35(23-27)46-34-21-10-8-17-29(34)31-19-11-18-30(36(31)46)28-16-7-9-20-33(28)45(37)24-41-32/h1-24H. The van der Waals surface area contributed by atoms with Crippen LogP contribution in [0.2, 0.25) is 0 Å². The van der Waals surface area contributed by atoms with Gasteiger partial charge >= 0.3 is 0 Å². The second-order valence-corrected chi connectivity index (χ2v) is 11.6. The van der Waals surface area contributed by atoms with Crippen LogP contribution < -0.4 is 0 Å². The maximum atomic E-state index is 5.06. The molecule has 0 radical (unpaired) electrons. The van der Waals surface area contributed by atoms with Gasteiger partial charge in [-0.2, -0.15) is 0 Å². The number of rotatable bonds is 3. The Balaban J connectivity index is 1.39. The Morgan fingerprint density at radius 3 is 1.57 bits per heavy atom. The quantitative estimate of drug-likeness (QED) is 0.206. The summed E-state index contributed by atoms with van der Waals surface area (Å²) in [5.41, 5.74) is 9.10. The van der Waals surface area contributed by atoms with Gasteiger partial charge in [-0.05, 0) is 24.3 Å². The van der Waals surface area contributed by atoms with Gasteiger partial charge in [-0.15, -0.1) is 0 Å². The Morgan fingerprint density at radius 1 is 0.391 bits per heavy atom. The van der Waals surface area contributed by atoms with E-state index in [9.17, 15) is 0 Å². The van der Waals surface area contributed by atoms with Crippen molar-refractivity contribution < 1.29 is 0 Å². The number of aromatic nitrogens is 6. The molecule has 6 nitrogen and oxygen atoms in total. The Kier molecular flexibility index (Phi) is 5.19. The van der Waals surface area contributed by atoms with E-state index in [-0.39, 0.29) is 0 Å². The predicted molar refractivity (Wildman–Crippen MR) is 186 cm³/mol. The van der Waals surface area contributed by atoms with Crippen molar-refractivity contribution in [1.29, 1.82) is 0 Å². The molecule has 6 aromatic carbocycles. The van der Waals surface area contributed by atoms with Crippen LogP contribution in [0, 0.1) is 0 Å². The number of imidazole rings is 1. The molecule has 0 fully saturated rings. The zero-order chi connectivity index (χ0) is 30.2. The SMILES string of the molecule is c1ccc(-c2nc(-c3ccccc3)nc(-c3cc4ncn5c6ccccc6c6cccc7c8ccccc8n(c(c3)c45)c67)n2)cc1. The molecule has 6 heteroatoms. The van der Waals surface area contributed by atoms with Gasteiger partial charge in [-0.1, -0.05) is 115 Å². The van der Waals surface area contributed by atoms with Crippen LogP contribution in [0.15, 0.2) is 146 Å². The van der Waals surface area contributed by atoms with E-state index in [0.29, 0.717) is 17.5 Å². The number of nitrogens with zero attached hydrogens (tertiary/aromatic N) is 6. The number of benzene rings is 6. The lowest BCUT2D eigenvalue weighted by Gasteiger charge is -2.12. The lowest BCUT2D eigenvalue weighted by atomic mass is 10.1. The molecule has 46 heavy (non-hydrogen) atoms. The van der Waals surface area contributed by atoms with E-state index in [4.69, 9.17) is 19.9 Å². The summed E-state index contributed by atoms with van der Waals surface area (Å²) in [5, 5.41) is 4.78. The van der Waals surface area contributed by atoms with Crippen molar-refractivity contribution in [3.8, 4) is 34.2 Å². The first-order chi connectivity index (χ1) is 22.8. The van der Waals surface area contributed by atoms with Gasteiger partial charge in [-0.3, -0.25) is 4.40 Å². The Bertz CT molecular complexity index is 2740. The highest BCUT2D eigenvalue weighted by Crippen LogP contribution is 2.38. The third-order valence-corrected chi connectivity index (χ3v) is 8.97. The van der Waals surface area contributed by atoms with Gasteiger partial charge in [-0.25, -0.2) is 19.9 Å². The van der Waals surface area contributed by atoms with Gasteiger partial charge in [0.25, 0.3) is 0 Å². The molecular weight excluding hydrogens is 564 g/mol. The zero-order valence-corrected chi connectivity index (χ0v) is 24.5. The van der Waals surface area contributed by atoms with E-state index in [1.165, 1.54) is 27.1 Å². The maximum Gasteiger partial charge on any atom is 0.164 e. The van der Waals surface area contributed by atoms with Crippen LogP contribution in [0.3, 0.4) is 0 Å². The van der Waals surface area contributed by atoms with Crippen LogP contribution in [0.25, 0.3) is 88.8 Å². The summed E-state index contributed by atoms with van der Waals surface area (Å²) in [6.07, 6.45) is 1.94. The first-order valence-electron chi connectivity index (χ1n) is 15.3. The highest BCUT2D eigenvalue weighted by Gasteiger charge is 2.19. The third kappa shape index (κ3) is 3.58. The van der Waals surface area contributed by atoms with Gasteiger partial charge in [0, 0.05) is 38.2 Å². The molecule has 0 aliphatic rings. The fourth-order valence-corrected chi connectivity index (χ4v) is 6.94. The normalized spacial score (nSPS) is 11.9. The molecule has 0 bridgehead atoms. The summed E-state index contributed by atoms with van der Waals surface area (Å²) in [5.74, 6) is 1.86. The van der Waals surface area contributed by atoms with E-state index in [1.54, 1.807) is 0 Å². The molecule has 4 heterocycles. The minimum absolute atomic E-state index is 0.601. The van der Waals surface area contributed by atoms with E-state index in [2.05, 4.69) is 87.7 Å². The van der Waals surface area contributed by atoms with Crippen LogP contribution in [-0.4, -0.2) is 28.7 Å². The maximum absolute atomic E-state index is 5.06. The highest BCUT2D eigenvalue weighted by atomic mass is 15.0. The number of hydrogen-bond donors (Lipinski definition) is 0. The molecule has 214 valence electrons. The van der Waals surface area contributed by atoms with Crippen molar-refractivity contribution in [2.45, 2.75) is 0 Å². The van der Waals surface area contributed by atoms with E-state index in [1.807, 2.05) is 67.0 Å². The molecule has 0 amide bonds. The molecule has 0 aliphatic carbocycles. The molecule has 0 atom stereocenters. The minimum atomic E-state index is 0.601. The van der Waals surface area contributed by atoms with Crippen LogP contribution in [0.4, 0.5) is 0 Å². The third-order valence-electron chi connectivity index (χ3n) is 8.97. The Morgan fingerprint density at radius 2 is 0.913 bits per heavy atom. The first kappa shape index (κ1) is 25.0. The average molecular weight is 589 g/mol. The Hall–Kier alpha value is -6.40. The summed E-state index contributed by atoms with van der Waals surface area (Å²) >= 11 is 0. The molecule has 4 aromatic heterocycles. The molecule has 0 aliphatic heterocycles. The molecular formula is C40H24N6. The molecule has 0 saturated carbocycles. The van der Waals surface area contributed by atoms with Crippen LogP contribution in [-0.2, 0) is 0 Å². The van der Waals surface area contributed by atoms with E-state index < -0.39 is 0 Å². The number of fused-ring (bicyclic) bond motifs is 7. The van der Waals surface area contributed by atoms with Crippen molar-refractivity contribution in [2.75, 3.05) is 0 Å².